The number of hydrogen-bond acceptors (Lipinski definition) is 15. The van der Waals surface area contributed by atoms with Crippen molar-refractivity contribution in [2.24, 2.45) is 0 Å². The van der Waals surface area contributed by atoms with Gasteiger partial charge in [-0.15, -0.1) is 34.0 Å². The molecule has 0 aliphatic rings. The maximum atomic E-state index is 5.27. The molecule has 0 radical (unpaired) electrons. The Bertz CT molecular complexity index is 9170. The molecular formula is C122H74N12S3. The van der Waals surface area contributed by atoms with E-state index in [1.54, 1.807) is 34.0 Å². The van der Waals surface area contributed by atoms with E-state index >= 15 is 0 Å². The van der Waals surface area contributed by atoms with Gasteiger partial charge in [-0.3, -0.25) is 0 Å². The highest BCUT2D eigenvalue weighted by Gasteiger charge is 2.23. The molecule has 0 saturated heterocycles. The molecule has 0 unspecified atom stereocenters. The first-order valence-corrected chi connectivity index (χ1v) is 47.8. The van der Waals surface area contributed by atoms with Crippen LogP contribution in [0.2, 0.25) is 0 Å². The minimum atomic E-state index is 0.646. The smallest absolute Gasteiger partial charge is 0.164 e. The summed E-state index contributed by atoms with van der Waals surface area (Å²) in [5.41, 5.74) is 17.5. The van der Waals surface area contributed by atoms with Gasteiger partial charge in [-0.05, 0) is 130 Å². The molecule has 12 nitrogen and oxygen atoms in total. The summed E-state index contributed by atoms with van der Waals surface area (Å²) in [4.78, 5) is 60.0. The van der Waals surface area contributed by atoms with Crippen LogP contribution in [0.15, 0.2) is 449 Å². The maximum Gasteiger partial charge on any atom is 0.164 e. The van der Waals surface area contributed by atoms with Crippen molar-refractivity contribution >= 4 is 151 Å². The maximum absolute atomic E-state index is 5.27. The van der Waals surface area contributed by atoms with E-state index in [4.69, 9.17) is 59.8 Å². The fraction of sp³-hybridized carbons (Fsp3) is 0. The topological polar surface area (TPSA) is 155 Å². The van der Waals surface area contributed by atoms with Gasteiger partial charge in [0, 0.05) is 82.9 Å². The van der Waals surface area contributed by atoms with Crippen LogP contribution in [0.25, 0.3) is 262 Å². The van der Waals surface area contributed by atoms with Gasteiger partial charge in [-0.25, -0.2) is 59.8 Å². The Morgan fingerprint density at radius 1 is 0.131 bits per heavy atom. The van der Waals surface area contributed by atoms with Gasteiger partial charge in [0.15, 0.2) is 52.4 Å². The lowest BCUT2D eigenvalue weighted by Gasteiger charge is -2.10. The number of aromatic nitrogens is 12. The first-order chi connectivity index (χ1) is 67.8. The molecule has 0 saturated carbocycles. The number of thiazole rings is 3. The molecule has 0 atom stereocenters. The van der Waals surface area contributed by atoms with Crippen LogP contribution in [0.1, 0.15) is 0 Å². The second-order valence-corrected chi connectivity index (χ2v) is 36.8. The summed E-state index contributed by atoms with van der Waals surface area (Å²) in [5, 5.41) is 21.9. The van der Waals surface area contributed by atoms with Gasteiger partial charge in [0.2, 0.25) is 0 Å². The second kappa shape index (κ2) is 35.2. The quantitative estimate of drug-likeness (QED) is 0.101. The van der Waals surface area contributed by atoms with Crippen molar-refractivity contribution in [2.45, 2.75) is 0 Å². The lowest BCUT2D eigenvalue weighted by atomic mass is 9.99. The summed E-state index contributed by atoms with van der Waals surface area (Å²) in [6.07, 6.45) is 0. The molecule has 137 heavy (non-hydrogen) atoms. The third kappa shape index (κ3) is 15.8. The Hall–Kier alpha value is -17.6. The fourth-order valence-corrected chi connectivity index (χ4v) is 21.4. The Balaban J connectivity index is 0.000000109. The largest absolute Gasteiger partial charge is 0.235 e. The van der Waals surface area contributed by atoms with E-state index in [0.717, 1.165) is 125 Å². The van der Waals surface area contributed by atoms with Crippen molar-refractivity contribution in [3.05, 3.63) is 449 Å². The third-order valence-corrected chi connectivity index (χ3v) is 28.4. The van der Waals surface area contributed by atoms with Crippen LogP contribution in [-0.4, -0.2) is 59.8 Å². The molecular weight excluding hydrogens is 1730 g/mol. The van der Waals surface area contributed by atoms with Gasteiger partial charge in [0.25, 0.3) is 0 Å². The van der Waals surface area contributed by atoms with Crippen LogP contribution in [-0.2, 0) is 0 Å². The van der Waals surface area contributed by atoms with Crippen molar-refractivity contribution in [1.29, 1.82) is 0 Å². The van der Waals surface area contributed by atoms with E-state index in [-0.39, 0.29) is 0 Å². The van der Waals surface area contributed by atoms with E-state index < -0.39 is 0 Å². The van der Waals surface area contributed by atoms with Gasteiger partial charge < -0.3 is 0 Å². The van der Waals surface area contributed by atoms with Gasteiger partial charge in [0.05, 0.1) is 30.6 Å². The number of benzene rings is 21. The van der Waals surface area contributed by atoms with E-state index in [2.05, 4.69) is 261 Å². The van der Waals surface area contributed by atoms with E-state index in [1.807, 2.05) is 188 Å². The highest BCUT2D eigenvalue weighted by atomic mass is 32.1. The Morgan fingerprint density at radius 2 is 0.387 bits per heavy atom. The summed E-state index contributed by atoms with van der Waals surface area (Å²) in [5.74, 6) is 5.87. The van der Waals surface area contributed by atoms with Crippen molar-refractivity contribution in [2.75, 3.05) is 0 Å². The number of hydrogen-bond donors (Lipinski definition) is 0. The zero-order valence-electron chi connectivity index (χ0n) is 73.3. The molecule has 27 aromatic rings. The summed E-state index contributed by atoms with van der Waals surface area (Å²) >= 11 is 5.23. The van der Waals surface area contributed by atoms with Gasteiger partial charge >= 0.3 is 0 Å². The van der Waals surface area contributed by atoms with Crippen LogP contribution in [0.3, 0.4) is 0 Å². The summed E-state index contributed by atoms with van der Waals surface area (Å²) < 4.78 is 3.53. The van der Waals surface area contributed by atoms with Crippen LogP contribution in [0.5, 0.6) is 0 Å². The van der Waals surface area contributed by atoms with E-state index in [0.29, 0.717) is 52.4 Å². The minimum absolute atomic E-state index is 0.646. The molecule has 0 bridgehead atoms. The molecule has 15 heteroatoms. The summed E-state index contributed by atoms with van der Waals surface area (Å²) in [6.45, 7) is 0. The molecule has 27 rings (SSSR count). The standard InChI is InChI=1S/C42H26N4S.2C40H24N4S/c1-4-11-27(12-5-1)31-17-10-18-34(25-31)42-43-38-36(47-42)24-22-28-19-20-32-26-33(21-23-35(32)37(28)38)41-45-39(29-13-6-2-7-14-29)44-40(46-41)30-15-8-3-9-16-30;1-3-11-27(12-4-1)37-42-38(28-13-5-2-6-14-28)44-39(43-37)30-20-22-32-29(24-30)19-18-26-21-23-34-36(35(26)32)41-40(45-34)33-17-9-15-25-10-7-8-16-31(25)33;1-3-10-27(11-4-1)37-42-38(28-12-5-2-6-13-28)44-39(43-37)31-19-21-33-30(24-31)17-16-26-20-22-34-36(35(26)33)41-40(45-34)32-18-15-25-9-7-8-14-29(25)23-32/h1-26H;2*1-24H. The zero-order chi connectivity index (χ0) is 90.6. The summed E-state index contributed by atoms with van der Waals surface area (Å²) in [6, 6.07) is 155. The van der Waals surface area contributed by atoms with Gasteiger partial charge in [-0.1, -0.05) is 400 Å². The highest BCUT2D eigenvalue weighted by Crippen LogP contribution is 2.45. The zero-order valence-corrected chi connectivity index (χ0v) is 75.8. The Kier molecular flexibility index (Phi) is 20.9. The van der Waals surface area contributed by atoms with Crippen molar-refractivity contribution < 1.29 is 0 Å². The molecule has 0 aliphatic heterocycles. The third-order valence-electron chi connectivity index (χ3n) is 25.2. The Labute approximate surface area is 798 Å². The normalized spacial score (nSPS) is 11.5. The number of rotatable bonds is 13. The lowest BCUT2D eigenvalue weighted by molar-refractivity contribution is 1.07. The molecule has 0 spiro atoms. The van der Waals surface area contributed by atoms with Gasteiger partial charge in [-0.2, -0.15) is 0 Å². The highest BCUT2D eigenvalue weighted by molar-refractivity contribution is 7.22. The predicted molar refractivity (Wildman–Crippen MR) is 570 cm³/mol. The van der Waals surface area contributed by atoms with E-state index in [9.17, 15) is 0 Å². The molecule has 0 amide bonds. The van der Waals surface area contributed by atoms with Gasteiger partial charge in [0.1, 0.15) is 15.0 Å². The van der Waals surface area contributed by atoms with Crippen molar-refractivity contribution in [1.82, 2.24) is 59.8 Å². The molecule has 640 valence electrons. The molecule has 0 aliphatic carbocycles. The summed E-state index contributed by atoms with van der Waals surface area (Å²) in [7, 11) is 0. The average molecular weight is 1800 g/mol. The molecule has 6 aromatic heterocycles. The van der Waals surface area contributed by atoms with E-state index in [1.165, 1.54) is 84.7 Å². The van der Waals surface area contributed by atoms with Crippen LogP contribution < -0.4 is 0 Å². The first-order valence-electron chi connectivity index (χ1n) is 45.4. The van der Waals surface area contributed by atoms with Crippen molar-refractivity contribution in [3.8, 4) is 145 Å². The fourth-order valence-electron chi connectivity index (χ4n) is 18.4. The van der Waals surface area contributed by atoms with Crippen LogP contribution >= 0.6 is 34.0 Å². The van der Waals surface area contributed by atoms with Crippen molar-refractivity contribution in [3.63, 3.8) is 0 Å². The lowest BCUT2D eigenvalue weighted by Crippen LogP contribution is -2.00. The number of nitrogens with zero attached hydrogens (tertiary/aromatic N) is 12. The number of fused-ring (bicyclic) bond motifs is 17. The minimum Gasteiger partial charge on any atom is -0.235 e. The average Bonchev–Trinajstić information content (AvgIpc) is 1.65. The van der Waals surface area contributed by atoms with Crippen LogP contribution in [0, 0.1) is 0 Å². The molecule has 0 N–H and O–H groups in total. The molecule has 0 fully saturated rings. The van der Waals surface area contributed by atoms with Crippen LogP contribution in [0.4, 0.5) is 0 Å². The SMILES string of the molecule is c1ccc(-c2cccc(-c3nc4c(ccc5ccc6cc(-c7nc(-c8ccccc8)nc(-c8ccccc8)n7)ccc6c54)s3)c2)cc1.c1ccc(-c2nc(-c3ccccc3)nc(-c3ccc4c(ccc5ccc6sc(-c7ccc8ccccc8c7)nc6c54)c3)n2)cc1.c1ccc(-c2nc(-c3ccccc3)nc(-c3ccc4c(ccc5ccc6sc(-c7cccc8ccccc78)nc6c54)c3)n2)cc1. The monoisotopic (exact) mass is 1800 g/mol. The second-order valence-electron chi connectivity index (χ2n) is 33.7. The molecule has 21 aromatic carbocycles. The Morgan fingerprint density at radius 3 is 0.774 bits per heavy atom. The molecule has 6 heterocycles. The first kappa shape index (κ1) is 81.4. The predicted octanol–water partition coefficient (Wildman–Crippen LogP) is 32.3.